The molecular weight excluding hydrogens is 280 g/mol. The summed E-state index contributed by atoms with van der Waals surface area (Å²) in [6, 6.07) is 0. The van der Waals surface area contributed by atoms with Crippen molar-refractivity contribution in [2.75, 3.05) is 13.2 Å². The van der Waals surface area contributed by atoms with Crippen LogP contribution in [-0.2, 0) is 9.53 Å². The van der Waals surface area contributed by atoms with E-state index in [1.807, 2.05) is 6.92 Å². The maximum Gasteiger partial charge on any atom is 0.330 e. The molecule has 0 aliphatic heterocycles. The third-order valence-electron chi connectivity index (χ3n) is 4.91. The predicted octanol–water partition coefficient (Wildman–Crippen LogP) is 3.22. The fourth-order valence-electron chi connectivity index (χ4n) is 3.28. The molecule has 0 spiro atoms. The molecule has 4 heteroatoms. The van der Waals surface area contributed by atoms with Crippen molar-refractivity contribution < 1.29 is 19.7 Å². The number of carbonyl (C=O) groups excluding carboxylic acids is 1. The Kier molecular flexibility index (Phi) is 8.72. The first kappa shape index (κ1) is 19.2. The molecule has 0 heterocycles. The molecule has 2 aliphatic carbocycles. The van der Waals surface area contributed by atoms with E-state index >= 15 is 0 Å². The van der Waals surface area contributed by atoms with Crippen molar-refractivity contribution in [2.45, 2.75) is 70.3 Å². The van der Waals surface area contributed by atoms with Crippen LogP contribution >= 0.6 is 0 Å². The van der Waals surface area contributed by atoms with Gasteiger partial charge in [0.25, 0.3) is 0 Å². The Balaban J connectivity index is 0.000000224. The summed E-state index contributed by atoms with van der Waals surface area (Å²) in [5.41, 5.74) is -0.219. The number of aliphatic hydroxyl groups excluding tert-OH is 2. The molecule has 0 aromatic heterocycles. The van der Waals surface area contributed by atoms with E-state index in [1.54, 1.807) is 0 Å². The monoisotopic (exact) mass is 312 g/mol. The van der Waals surface area contributed by atoms with Crippen LogP contribution in [0.2, 0.25) is 0 Å². The van der Waals surface area contributed by atoms with Gasteiger partial charge in [-0.25, -0.2) is 4.79 Å². The van der Waals surface area contributed by atoms with E-state index < -0.39 is 0 Å². The molecule has 0 aromatic carbocycles. The number of hydrogen-bond donors (Lipinski definition) is 2. The second-order valence-electron chi connectivity index (χ2n) is 6.89. The summed E-state index contributed by atoms with van der Waals surface area (Å²) in [4.78, 5) is 10.9. The second kappa shape index (κ2) is 10.0. The van der Waals surface area contributed by atoms with E-state index in [9.17, 15) is 4.79 Å². The minimum atomic E-state index is -0.292. The van der Waals surface area contributed by atoms with Gasteiger partial charge in [0.1, 0.15) is 5.60 Å². The van der Waals surface area contributed by atoms with Crippen LogP contribution < -0.4 is 0 Å². The molecule has 0 aromatic rings. The largest absolute Gasteiger partial charge is 0.456 e. The molecular formula is C18H32O4. The first-order chi connectivity index (χ1) is 10.5. The molecule has 2 N–H and O–H groups in total. The van der Waals surface area contributed by atoms with Crippen LogP contribution in [0.5, 0.6) is 0 Å². The van der Waals surface area contributed by atoms with Gasteiger partial charge >= 0.3 is 5.97 Å². The van der Waals surface area contributed by atoms with Crippen LogP contribution in [0.4, 0.5) is 0 Å². The van der Waals surface area contributed by atoms with Crippen LogP contribution in [0, 0.1) is 11.8 Å². The highest BCUT2D eigenvalue weighted by molar-refractivity contribution is 5.81. The average molecular weight is 312 g/mol. The Hall–Kier alpha value is -0.870. The molecule has 2 aliphatic rings. The summed E-state index contributed by atoms with van der Waals surface area (Å²) in [5, 5.41) is 17.6. The quantitative estimate of drug-likeness (QED) is 0.618. The van der Waals surface area contributed by atoms with E-state index in [0.29, 0.717) is 25.0 Å². The van der Waals surface area contributed by atoms with E-state index in [4.69, 9.17) is 14.9 Å². The summed E-state index contributed by atoms with van der Waals surface area (Å²) >= 11 is 0. The van der Waals surface area contributed by atoms with Crippen molar-refractivity contribution in [3.05, 3.63) is 12.7 Å². The number of hydrogen-bond acceptors (Lipinski definition) is 4. The van der Waals surface area contributed by atoms with Crippen LogP contribution in [0.25, 0.3) is 0 Å². The molecule has 22 heavy (non-hydrogen) atoms. The summed E-state index contributed by atoms with van der Waals surface area (Å²) in [6.45, 7) is 6.05. The third kappa shape index (κ3) is 6.93. The highest BCUT2D eigenvalue weighted by atomic mass is 16.6. The predicted molar refractivity (Wildman–Crippen MR) is 87.4 cm³/mol. The average Bonchev–Trinajstić information content (AvgIpc) is 2.55. The number of aliphatic hydroxyl groups is 2. The van der Waals surface area contributed by atoms with Gasteiger partial charge in [-0.3, -0.25) is 0 Å². The fraction of sp³-hybridized carbons (Fsp3) is 0.833. The van der Waals surface area contributed by atoms with Crippen molar-refractivity contribution in [3.63, 3.8) is 0 Å². The van der Waals surface area contributed by atoms with Gasteiger partial charge in [0.2, 0.25) is 0 Å². The first-order valence-corrected chi connectivity index (χ1v) is 8.60. The van der Waals surface area contributed by atoms with Gasteiger partial charge in [0.05, 0.1) is 0 Å². The lowest BCUT2D eigenvalue weighted by Crippen LogP contribution is -2.33. The minimum absolute atomic E-state index is 0.219. The standard InChI is InChI=1S/C10H16O2.C8H16O2/c1-3-9(11)12-10(2)7-5-4-6-8-10;9-5-7-1-2-8(6-10)4-3-7/h3H,1,4-8H2,2H3;7-10H,1-6H2. The highest BCUT2D eigenvalue weighted by Gasteiger charge is 2.29. The Morgan fingerprint density at radius 2 is 1.55 bits per heavy atom. The molecule has 2 rings (SSSR count). The summed E-state index contributed by atoms with van der Waals surface area (Å²) in [6.07, 6.45) is 11.2. The van der Waals surface area contributed by atoms with E-state index in [2.05, 4.69) is 6.58 Å². The maximum atomic E-state index is 10.9. The van der Waals surface area contributed by atoms with E-state index in [0.717, 1.165) is 38.5 Å². The SMILES string of the molecule is C=CC(=O)OC1(C)CCCCC1.OCC1CCC(CO)CC1. The second-order valence-corrected chi connectivity index (χ2v) is 6.89. The zero-order chi connectivity index (χ0) is 16.4. The Morgan fingerprint density at radius 1 is 1.09 bits per heavy atom. The molecule has 128 valence electrons. The van der Waals surface area contributed by atoms with Gasteiger partial charge in [-0.05, 0) is 70.1 Å². The summed E-state index contributed by atoms with van der Waals surface area (Å²) in [7, 11) is 0. The van der Waals surface area contributed by atoms with Gasteiger partial charge in [0.15, 0.2) is 0 Å². The van der Waals surface area contributed by atoms with E-state index in [1.165, 1.54) is 25.3 Å². The molecule has 2 fully saturated rings. The number of ether oxygens (including phenoxy) is 1. The zero-order valence-electron chi connectivity index (χ0n) is 13.9. The van der Waals surface area contributed by atoms with Gasteiger partial charge in [-0.15, -0.1) is 0 Å². The lowest BCUT2D eigenvalue weighted by Gasteiger charge is -2.32. The number of rotatable bonds is 4. The molecule has 0 saturated heterocycles. The van der Waals surface area contributed by atoms with Crippen molar-refractivity contribution in [2.24, 2.45) is 11.8 Å². The lowest BCUT2D eigenvalue weighted by atomic mass is 9.83. The van der Waals surface area contributed by atoms with Crippen molar-refractivity contribution in [1.29, 1.82) is 0 Å². The first-order valence-electron chi connectivity index (χ1n) is 8.60. The van der Waals surface area contributed by atoms with Gasteiger partial charge < -0.3 is 14.9 Å². The van der Waals surface area contributed by atoms with Crippen LogP contribution in [0.15, 0.2) is 12.7 Å². The summed E-state index contributed by atoms with van der Waals surface area (Å²) in [5.74, 6) is 0.741. The van der Waals surface area contributed by atoms with Crippen molar-refractivity contribution in [1.82, 2.24) is 0 Å². The van der Waals surface area contributed by atoms with Gasteiger partial charge in [-0.1, -0.05) is 13.0 Å². The molecule has 0 unspecified atom stereocenters. The molecule has 0 atom stereocenters. The normalized spacial score (nSPS) is 27.2. The van der Waals surface area contributed by atoms with Crippen molar-refractivity contribution >= 4 is 5.97 Å². The highest BCUT2D eigenvalue weighted by Crippen LogP contribution is 2.31. The van der Waals surface area contributed by atoms with Crippen LogP contribution in [0.3, 0.4) is 0 Å². The Bertz CT molecular complexity index is 314. The molecule has 2 saturated carbocycles. The van der Waals surface area contributed by atoms with E-state index in [-0.39, 0.29) is 11.6 Å². The maximum absolute atomic E-state index is 10.9. The van der Waals surface area contributed by atoms with Crippen molar-refractivity contribution in [3.8, 4) is 0 Å². The lowest BCUT2D eigenvalue weighted by molar-refractivity contribution is -0.154. The Labute approximate surface area is 134 Å². The third-order valence-corrected chi connectivity index (χ3v) is 4.91. The van der Waals surface area contributed by atoms with Gasteiger partial charge in [-0.2, -0.15) is 0 Å². The minimum Gasteiger partial charge on any atom is -0.456 e. The van der Waals surface area contributed by atoms with Crippen LogP contribution in [0.1, 0.15) is 64.7 Å². The summed E-state index contributed by atoms with van der Waals surface area (Å²) < 4.78 is 5.27. The smallest absolute Gasteiger partial charge is 0.330 e. The number of carbonyl (C=O) groups is 1. The molecule has 0 amide bonds. The zero-order valence-corrected chi connectivity index (χ0v) is 13.9. The fourth-order valence-corrected chi connectivity index (χ4v) is 3.28. The topological polar surface area (TPSA) is 66.8 Å². The molecule has 4 nitrogen and oxygen atoms in total. The molecule has 0 bridgehead atoms. The molecule has 0 radical (unpaired) electrons. The number of esters is 1. The van der Waals surface area contributed by atoms with Crippen LogP contribution in [-0.4, -0.2) is 35.0 Å². The van der Waals surface area contributed by atoms with Gasteiger partial charge in [0, 0.05) is 19.3 Å². The Morgan fingerprint density at radius 3 is 1.91 bits per heavy atom.